The Balaban J connectivity index is 0.000000852. The van der Waals surface area contributed by atoms with Gasteiger partial charge in [0.1, 0.15) is 0 Å². The summed E-state index contributed by atoms with van der Waals surface area (Å²) in [5.74, 6) is 0. The average Bonchev–Trinajstić information content (AvgIpc) is 2.80. The lowest BCUT2D eigenvalue weighted by atomic mass is 9.90. The van der Waals surface area contributed by atoms with Crippen LogP contribution in [0.2, 0.25) is 0 Å². The molecule has 0 atom stereocenters. The Morgan fingerprint density at radius 3 is 2.03 bits per heavy atom. The molecule has 0 spiro atoms. The summed E-state index contributed by atoms with van der Waals surface area (Å²) in [6, 6.07) is 14.8. The van der Waals surface area contributed by atoms with Gasteiger partial charge in [-0.1, -0.05) is 104 Å². The maximum absolute atomic E-state index is 5.95. The molecular formula is C29H48N2. The minimum Gasteiger partial charge on any atom is -0.398 e. The molecule has 0 aromatic heterocycles. The number of nitrogens with two attached hydrogens (primary N) is 1. The fraction of sp³-hybridized carbons (Fsp3) is 0.517. The summed E-state index contributed by atoms with van der Waals surface area (Å²) in [7, 11) is 0. The van der Waals surface area contributed by atoms with Crippen molar-refractivity contribution in [1.82, 2.24) is 5.32 Å². The molecule has 0 heterocycles. The summed E-state index contributed by atoms with van der Waals surface area (Å²) in [6.07, 6.45) is 9.94. The van der Waals surface area contributed by atoms with Gasteiger partial charge in [0, 0.05) is 11.2 Å². The minimum atomic E-state index is -0.0406. The molecule has 2 aromatic rings. The molecule has 0 fully saturated rings. The fourth-order valence-electron chi connectivity index (χ4n) is 3.23. The van der Waals surface area contributed by atoms with Gasteiger partial charge >= 0.3 is 0 Å². The summed E-state index contributed by atoms with van der Waals surface area (Å²) in [5.41, 5.74) is 11.3. The molecule has 0 amide bonds. The molecule has 3 N–H and O–H groups in total. The Labute approximate surface area is 193 Å². The van der Waals surface area contributed by atoms with Gasteiger partial charge < -0.3 is 11.1 Å². The SMILES string of the molecule is C=Cc1cc(-c2cccc(C(C)(C)NCCC)c2)ccc1N.CC.CCCCCCC. The van der Waals surface area contributed by atoms with E-state index in [1.165, 1.54) is 43.2 Å². The number of anilines is 1. The predicted octanol–water partition coefficient (Wildman–Crippen LogP) is 8.82. The zero-order valence-electron chi connectivity index (χ0n) is 21.4. The normalized spacial score (nSPS) is 10.4. The molecule has 0 bridgehead atoms. The number of unbranched alkanes of at least 4 members (excludes halogenated alkanes) is 4. The largest absolute Gasteiger partial charge is 0.398 e. The van der Waals surface area contributed by atoms with E-state index in [4.69, 9.17) is 5.73 Å². The van der Waals surface area contributed by atoms with E-state index in [0.717, 1.165) is 29.8 Å². The van der Waals surface area contributed by atoms with Crippen LogP contribution in [-0.4, -0.2) is 6.54 Å². The Hall–Kier alpha value is -2.06. The summed E-state index contributed by atoms with van der Waals surface area (Å²) in [6.45, 7) is 20.0. The van der Waals surface area contributed by atoms with Crippen molar-refractivity contribution in [2.24, 2.45) is 0 Å². The molecule has 0 aliphatic carbocycles. The van der Waals surface area contributed by atoms with Gasteiger partial charge in [0.15, 0.2) is 0 Å². The monoisotopic (exact) mass is 424 g/mol. The molecule has 0 unspecified atom stereocenters. The molecule has 0 saturated carbocycles. The van der Waals surface area contributed by atoms with Crippen LogP contribution in [0.25, 0.3) is 17.2 Å². The van der Waals surface area contributed by atoms with Crippen LogP contribution in [-0.2, 0) is 5.54 Å². The van der Waals surface area contributed by atoms with Gasteiger partial charge in [-0.2, -0.15) is 0 Å². The molecule has 2 nitrogen and oxygen atoms in total. The third-order valence-corrected chi connectivity index (χ3v) is 5.25. The highest BCUT2D eigenvalue weighted by atomic mass is 14.9. The highest BCUT2D eigenvalue weighted by Crippen LogP contribution is 2.28. The van der Waals surface area contributed by atoms with Gasteiger partial charge in [-0.05, 0) is 67.3 Å². The second-order valence-electron chi connectivity index (χ2n) is 8.24. The van der Waals surface area contributed by atoms with E-state index in [2.05, 4.69) is 82.9 Å². The lowest BCUT2D eigenvalue weighted by molar-refractivity contribution is 0.404. The van der Waals surface area contributed by atoms with E-state index in [1.54, 1.807) is 6.08 Å². The Morgan fingerprint density at radius 1 is 0.871 bits per heavy atom. The van der Waals surface area contributed by atoms with Crippen LogP contribution in [0.15, 0.2) is 49.0 Å². The quantitative estimate of drug-likeness (QED) is 0.295. The second kappa shape index (κ2) is 16.6. The zero-order valence-corrected chi connectivity index (χ0v) is 21.4. The smallest absolute Gasteiger partial charge is 0.0387 e. The first-order chi connectivity index (χ1) is 14.9. The van der Waals surface area contributed by atoms with Crippen molar-refractivity contribution >= 4 is 11.8 Å². The molecule has 0 saturated heterocycles. The van der Waals surface area contributed by atoms with Crippen LogP contribution in [0.1, 0.15) is 98.1 Å². The minimum absolute atomic E-state index is 0.0406. The number of nitrogens with one attached hydrogen (secondary N) is 1. The lowest BCUT2D eigenvalue weighted by Crippen LogP contribution is -2.36. The lowest BCUT2D eigenvalue weighted by Gasteiger charge is -2.27. The predicted molar refractivity (Wildman–Crippen MR) is 143 cm³/mol. The molecule has 0 aliphatic rings. The van der Waals surface area contributed by atoms with Gasteiger partial charge in [-0.15, -0.1) is 0 Å². The van der Waals surface area contributed by atoms with Crippen molar-refractivity contribution in [1.29, 1.82) is 0 Å². The Morgan fingerprint density at radius 2 is 1.48 bits per heavy atom. The van der Waals surface area contributed by atoms with Crippen molar-refractivity contribution in [3.05, 3.63) is 60.2 Å². The number of hydrogen-bond acceptors (Lipinski definition) is 2. The van der Waals surface area contributed by atoms with Gasteiger partial charge in [0.2, 0.25) is 0 Å². The number of nitrogen functional groups attached to an aromatic ring is 1. The maximum atomic E-state index is 5.95. The van der Waals surface area contributed by atoms with E-state index in [9.17, 15) is 0 Å². The van der Waals surface area contributed by atoms with Crippen LogP contribution in [0.4, 0.5) is 5.69 Å². The Kier molecular flexibility index (Phi) is 15.5. The molecule has 2 heteroatoms. The third-order valence-electron chi connectivity index (χ3n) is 5.25. The number of benzene rings is 2. The fourth-order valence-corrected chi connectivity index (χ4v) is 3.23. The van der Waals surface area contributed by atoms with Crippen molar-refractivity contribution in [3.63, 3.8) is 0 Å². The van der Waals surface area contributed by atoms with Gasteiger partial charge in [-0.25, -0.2) is 0 Å². The molecule has 2 rings (SSSR count). The van der Waals surface area contributed by atoms with E-state index in [0.29, 0.717) is 0 Å². The highest BCUT2D eigenvalue weighted by Gasteiger charge is 2.19. The first-order valence-corrected chi connectivity index (χ1v) is 12.3. The van der Waals surface area contributed by atoms with Crippen LogP contribution in [0.3, 0.4) is 0 Å². The maximum Gasteiger partial charge on any atom is 0.0387 e. The van der Waals surface area contributed by atoms with Crippen molar-refractivity contribution in [2.75, 3.05) is 12.3 Å². The first-order valence-electron chi connectivity index (χ1n) is 12.3. The van der Waals surface area contributed by atoms with Crippen LogP contribution in [0.5, 0.6) is 0 Å². The van der Waals surface area contributed by atoms with E-state index < -0.39 is 0 Å². The molecule has 0 radical (unpaired) electrons. The van der Waals surface area contributed by atoms with Crippen molar-refractivity contribution in [3.8, 4) is 11.1 Å². The molecule has 31 heavy (non-hydrogen) atoms. The van der Waals surface area contributed by atoms with Gasteiger partial charge in [0.25, 0.3) is 0 Å². The topological polar surface area (TPSA) is 38.0 Å². The number of hydrogen-bond donors (Lipinski definition) is 2. The summed E-state index contributed by atoms with van der Waals surface area (Å²) < 4.78 is 0. The van der Waals surface area contributed by atoms with E-state index in [1.807, 2.05) is 19.9 Å². The third kappa shape index (κ3) is 10.7. The van der Waals surface area contributed by atoms with Crippen LogP contribution < -0.4 is 11.1 Å². The molecular weight excluding hydrogens is 376 g/mol. The highest BCUT2D eigenvalue weighted by molar-refractivity contribution is 5.73. The standard InChI is InChI=1S/C20H26N2.C7H16.C2H6/c1-5-12-22-20(3,4)18-9-7-8-16(14-18)17-10-11-19(21)15(6-2)13-17;1-3-5-7-6-4-2;1-2/h6-11,13-14,22H,2,5,12,21H2,1,3-4H3;3-7H2,1-2H3;1-2H3. The zero-order chi connectivity index (χ0) is 23.7. The summed E-state index contributed by atoms with van der Waals surface area (Å²) in [5, 5.41) is 3.60. The van der Waals surface area contributed by atoms with Crippen molar-refractivity contribution in [2.45, 2.75) is 92.5 Å². The second-order valence-corrected chi connectivity index (χ2v) is 8.24. The Bertz CT molecular complexity index is 727. The molecule has 2 aromatic carbocycles. The molecule has 0 aliphatic heterocycles. The van der Waals surface area contributed by atoms with Crippen molar-refractivity contribution < 1.29 is 0 Å². The van der Waals surface area contributed by atoms with Crippen LogP contribution in [0, 0.1) is 0 Å². The average molecular weight is 425 g/mol. The number of rotatable bonds is 10. The van der Waals surface area contributed by atoms with Crippen LogP contribution >= 0.6 is 0 Å². The summed E-state index contributed by atoms with van der Waals surface area (Å²) >= 11 is 0. The van der Waals surface area contributed by atoms with Gasteiger partial charge in [-0.3, -0.25) is 0 Å². The van der Waals surface area contributed by atoms with E-state index in [-0.39, 0.29) is 5.54 Å². The first kappa shape index (κ1) is 28.9. The van der Waals surface area contributed by atoms with Gasteiger partial charge in [0.05, 0.1) is 0 Å². The molecule has 174 valence electrons. The summed E-state index contributed by atoms with van der Waals surface area (Å²) in [4.78, 5) is 0. The van der Waals surface area contributed by atoms with E-state index >= 15 is 0 Å².